The van der Waals surface area contributed by atoms with Gasteiger partial charge < -0.3 is 4.40 Å². The van der Waals surface area contributed by atoms with Gasteiger partial charge in [-0.15, -0.1) is 0 Å². The van der Waals surface area contributed by atoms with Gasteiger partial charge in [0, 0.05) is 34.1 Å². The van der Waals surface area contributed by atoms with Crippen LogP contribution in [-0.2, 0) is 0 Å². The molecular weight excluding hydrogens is 416 g/mol. The third-order valence-corrected chi connectivity index (χ3v) is 6.05. The molecule has 0 unspecified atom stereocenters. The number of hydrogen-bond acceptors (Lipinski definition) is 3. The highest BCUT2D eigenvalue weighted by atomic mass is 15.0. The van der Waals surface area contributed by atoms with Gasteiger partial charge in [0.1, 0.15) is 5.65 Å². The van der Waals surface area contributed by atoms with E-state index in [0.29, 0.717) is 5.82 Å². The van der Waals surface area contributed by atoms with Crippen molar-refractivity contribution in [1.29, 1.82) is 0 Å². The third kappa shape index (κ3) is 3.65. The summed E-state index contributed by atoms with van der Waals surface area (Å²) in [5.74, 6) is 0.707. The zero-order chi connectivity index (χ0) is 22.9. The summed E-state index contributed by atoms with van der Waals surface area (Å²) in [7, 11) is 0. The predicted octanol–water partition coefficient (Wildman–Crippen LogP) is 7.10. The largest absolute Gasteiger partial charge is 0.304 e. The van der Waals surface area contributed by atoms with Crippen molar-refractivity contribution in [3.8, 4) is 45.2 Å². The van der Waals surface area contributed by atoms with Gasteiger partial charge in [0.2, 0.25) is 0 Å². The summed E-state index contributed by atoms with van der Waals surface area (Å²) < 4.78 is 2.11. The third-order valence-electron chi connectivity index (χ3n) is 6.05. The molecule has 0 amide bonds. The molecule has 0 radical (unpaired) electrons. The second-order valence-corrected chi connectivity index (χ2v) is 8.25. The highest BCUT2D eigenvalue weighted by Crippen LogP contribution is 2.29. The predicted molar refractivity (Wildman–Crippen MR) is 137 cm³/mol. The number of imidazole rings is 1. The van der Waals surface area contributed by atoms with Gasteiger partial charge in [0.15, 0.2) is 5.82 Å². The Morgan fingerprint density at radius 2 is 1.09 bits per heavy atom. The van der Waals surface area contributed by atoms with Gasteiger partial charge in [-0.2, -0.15) is 0 Å². The van der Waals surface area contributed by atoms with E-state index in [-0.39, 0.29) is 0 Å². The summed E-state index contributed by atoms with van der Waals surface area (Å²) in [5.41, 5.74) is 9.06. The van der Waals surface area contributed by atoms with Crippen LogP contribution in [0.3, 0.4) is 0 Å². The summed E-state index contributed by atoms with van der Waals surface area (Å²) >= 11 is 0. The van der Waals surface area contributed by atoms with Gasteiger partial charge in [-0.1, -0.05) is 91.0 Å². The molecule has 6 aromatic rings. The lowest BCUT2D eigenvalue weighted by Gasteiger charge is -2.10. The van der Waals surface area contributed by atoms with Gasteiger partial charge in [-0.25, -0.2) is 15.0 Å². The van der Waals surface area contributed by atoms with Gasteiger partial charge in [0.05, 0.1) is 17.1 Å². The summed E-state index contributed by atoms with van der Waals surface area (Å²) in [6.07, 6.45) is 2.05. The quantitative estimate of drug-likeness (QED) is 0.295. The molecule has 4 heteroatoms. The van der Waals surface area contributed by atoms with Crippen LogP contribution in [0.15, 0.2) is 115 Å². The van der Waals surface area contributed by atoms with E-state index < -0.39 is 0 Å². The molecular formula is C30H22N4. The van der Waals surface area contributed by atoms with Crippen molar-refractivity contribution < 1.29 is 0 Å². The normalized spacial score (nSPS) is 11.1. The molecule has 0 aliphatic rings. The van der Waals surface area contributed by atoms with E-state index in [9.17, 15) is 0 Å². The molecule has 0 N–H and O–H groups in total. The number of benzene rings is 3. The average molecular weight is 439 g/mol. The van der Waals surface area contributed by atoms with E-state index in [2.05, 4.69) is 65.9 Å². The molecule has 162 valence electrons. The van der Waals surface area contributed by atoms with Gasteiger partial charge in [-0.3, -0.25) is 0 Å². The zero-order valence-electron chi connectivity index (χ0n) is 18.8. The molecule has 0 saturated heterocycles. The van der Waals surface area contributed by atoms with Crippen molar-refractivity contribution in [2.24, 2.45) is 0 Å². The fourth-order valence-corrected chi connectivity index (χ4v) is 4.26. The van der Waals surface area contributed by atoms with Gasteiger partial charge >= 0.3 is 0 Å². The molecule has 3 heterocycles. The second-order valence-electron chi connectivity index (χ2n) is 8.25. The molecule has 4 nitrogen and oxygen atoms in total. The van der Waals surface area contributed by atoms with Crippen LogP contribution < -0.4 is 0 Å². The van der Waals surface area contributed by atoms with E-state index in [1.807, 2.05) is 60.8 Å². The van der Waals surface area contributed by atoms with Crippen molar-refractivity contribution in [1.82, 2.24) is 19.4 Å². The van der Waals surface area contributed by atoms with Crippen molar-refractivity contribution in [3.05, 3.63) is 121 Å². The van der Waals surface area contributed by atoms with Crippen molar-refractivity contribution >= 4 is 5.65 Å². The van der Waals surface area contributed by atoms with E-state index >= 15 is 0 Å². The smallest absolute Gasteiger partial charge is 0.160 e. The SMILES string of the molecule is Cc1c(-c2ccc(-c3nc(-c4ccccc4)cc(-c4ccccc4)n3)cc2)nc2ccccn12. The monoisotopic (exact) mass is 438 g/mol. The Labute approximate surface area is 198 Å². The Morgan fingerprint density at radius 1 is 0.529 bits per heavy atom. The lowest BCUT2D eigenvalue weighted by atomic mass is 10.1. The summed E-state index contributed by atoms with van der Waals surface area (Å²) in [6.45, 7) is 2.10. The van der Waals surface area contributed by atoms with E-state index in [1.165, 1.54) is 0 Å². The topological polar surface area (TPSA) is 43.1 Å². The van der Waals surface area contributed by atoms with Crippen molar-refractivity contribution in [3.63, 3.8) is 0 Å². The van der Waals surface area contributed by atoms with Crippen LogP contribution in [0.4, 0.5) is 0 Å². The maximum atomic E-state index is 4.92. The molecule has 0 saturated carbocycles. The summed E-state index contributed by atoms with van der Waals surface area (Å²) in [4.78, 5) is 14.7. The lowest BCUT2D eigenvalue weighted by molar-refractivity contribution is 1.11. The summed E-state index contributed by atoms with van der Waals surface area (Å²) in [5, 5.41) is 0. The summed E-state index contributed by atoms with van der Waals surface area (Å²) in [6, 6.07) is 37.0. The molecule has 0 aliphatic heterocycles. The van der Waals surface area contributed by atoms with E-state index in [4.69, 9.17) is 15.0 Å². The average Bonchev–Trinajstić information content (AvgIpc) is 3.26. The molecule has 0 bridgehead atoms. The molecule has 6 rings (SSSR count). The minimum absolute atomic E-state index is 0.707. The van der Waals surface area contributed by atoms with Gasteiger partial charge in [-0.05, 0) is 25.1 Å². The second kappa shape index (κ2) is 8.41. The number of aromatic nitrogens is 4. The van der Waals surface area contributed by atoms with E-state index in [1.54, 1.807) is 0 Å². The first-order chi connectivity index (χ1) is 16.8. The van der Waals surface area contributed by atoms with Crippen molar-refractivity contribution in [2.45, 2.75) is 6.92 Å². The molecule has 3 aromatic heterocycles. The van der Waals surface area contributed by atoms with Crippen LogP contribution in [0.1, 0.15) is 5.69 Å². The highest BCUT2D eigenvalue weighted by Gasteiger charge is 2.13. The first-order valence-electron chi connectivity index (χ1n) is 11.3. The number of aryl methyl sites for hydroxylation is 1. The minimum atomic E-state index is 0.707. The standard InChI is InChI=1S/C30H22N4/c1-21-29(33-28-14-8-9-19-34(21)28)24-15-17-25(18-16-24)30-31-26(22-10-4-2-5-11-22)20-27(32-30)23-12-6-3-7-13-23/h2-20H,1H3. The number of pyridine rings is 1. The molecule has 34 heavy (non-hydrogen) atoms. The van der Waals surface area contributed by atoms with Crippen LogP contribution in [0, 0.1) is 6.92 Å². The lowest BCUT2D eigenvalue weighted by Crippen LogP contribution is -1.96. The molecule has 3 aromatic carbocycles. The maximum Gasteiger partial charge on any atom is 0.160 e. The highest BCUT2D eigenvalue weighted by molar-refractivity contribution is 5.73. The molecule has 0 atom stereocenters. The minimum Gasteiger partial charge on any atom is -0.304 e. The fraction of sp³-hybridized carbons (Fsp3) is 0.0333. The molecule has 0 fully saturated rings. The number of nitrogens with zero attached hydrogens (tertiary/aromatic N) is 4. The Morgan fingerprint density at radius 3 is 1.68 bits per heavy atom. The van der Waals surface area contributed by atoms with Crippen LogP contribution >= 0.6 is 0 Å². The van der Waals surface area contributed by atoms with Crippen molar-refractivity contribution in [2.75, 3.05) is 0 Å². The van der Waals surface area contributed by atoms with Crippen LogP contribution in [0.25, 0.3) is 50.8 Å². The molecule has 0 spiro atoms. The Kier molecular flexibility index (Phi) is 4.96. The van der Waals surface area contributed by atoms with Crippen LogP contribution in [0.5, 0.6) is 0 Å². The number of hydrogen-bond donors (Lipinski definition) is 0. The Balaban J connectivity index is 1.44. The fourth-order valence-electron chi connectivity index (χ4n) is 4.26. The van der Waals surface area contributed by atoms with Crippen LogP contribution in [0.2, 0.25) is 0 Å². The van der Waals surface area contributed by atoms with Gasteiger partial charge in [0.25, 0.3) is 0 Å². The Hall–Kier alpha value is -4.57. The zero-order valence-corrected chi connectivity index (χ0v) is 18.8. The molecule has 0 aliphatic carbocycles. The van der Waals surface area contributed by atoms with Crippen LogP contribution in [-0.4, -0.2) is 19.4 Å². The number of rotatable bonds is 4. The number of fused-ring (bicyclic) bond motifs is 1. The Bertz CT molecular complexity index is 1530. The first kappa shape index (κ1) is 20.1. The maximum absolute atomic E-state index is 4.92. The first-order valence-corrected chi connectivity index (χ1v) is 11.3. The van der Waals surface area contributed by atoms with E-state index in [0.717, 1.165) is 50.7 Å².